The Labute approximate surface area is 218 Å². The van der Waals surface area contributed by atoms with Gasteiger partial charge in [-0.05, 0) is 61.0 Å². The lowest BCUT2D eigenvalue weighted by Crippen LogP contribution is -2.36. The zero-order valence-corrected chi connectivity index (χ0v) is 20.9. The van der Waals surface area contributed by atoms with Crippen molar-refractivity contribution >= 4 is 46.4 Å². The molecule has 10 heteroatoms. The first-order valence-electron chi connectivity index (χ1n) is 11.3. The zero-order valence-electron chi connectivity index (χ0n) is 19.4. The topological polar surface area (TPSA) is 79.9 Å². The van der Waals surface area contributed by atoms with Crippen LogP contribution in [0.1, 0.15) is 18.9 Å². The molecule has 188 valence electrons. The fourth-order valence-corrected chi connectivity index (χ4v) is 4.07. The van der Waals surface area contributed by atoms with Crippen LogP contribution in [-0.2, 0) is 16.2 Å². The first-order chi connectivity index (χ1) is 17.3. The number of halogens is 3. The molecule has 3 aromatic carbocycles. The number of carbonyl (C=O) groups is 2. The third kappa shape index (κ3) is 6.19. The van der Waals surface area contributed by atoms with Gasteiger partial charge in [-0.2, -0.15) is 0 Å². The van der Waals surface area contributed by atoms with Crippen molar-refractivity contribution < 1.29 is 23.5 Å². The first kappa shape index (κ1) is 25.6. The average molecular weight is 532 g/mol. The van der Waals surface area contributed by atoms with E-state index in [9.17, 15) is 14.0 Å². The van der Waals surface area contributed by atoms with Crippen molar-refractivity contribution in [3.8, 4) is 11.5 Å². The quantitative estimate of drug-likeness (QED) is 0.351. The number of carbonyl (C=O) groups excluding carboxylic acids is 2. The summed E-state index contributed by atoms with van der Waals surface area (Å²) < 4.78 is 24.8. The van der Waals surface area contributed by atoms with Crippen LogP contribution in [0, 0.1) is 11.7 Å². The van der Waals surface area contributed by atoms with E-state index in [4.69, 9.17) is 32.7 Å². The predicted octanol–water partition coefficient (Wildman–Crippen LogP) is 5.61. The van der Waals surface area contributed by atoms with Crippen LogP contribution in [-0.4, -0.2) is 25.0 Å². The third-order valence-electron chi connectivity index (χ3n) is 5.59. The summed E-state index contributed by atoms with van der Waals surface area (Å²) in [5, 5.41) is 0.917. The molecule has 0 aromatic heterocycles. The van der Waals surface area contributed by atoms with E-state index in [-0.39, 0.29) is 37.2 Å². The number of hydrogen-bond acceptors (Lipinski definition) is 5. The number of hydrogen-bond donors (Lipinski definition) is 2. The van der Waals surface area contributed by atoms with Crippen LogP contribution in [0.4, 0.5) is 15.8 Å². The van der Waals surface area contributed by atoms with Gasteiger partial charge in [0.2, 0.25) is 11.8 Å². The van der Waals surface area contributed by atoms with Crippen LogP contribution in [0.3, 0.4) is 0 Å². The summed E-state index contributed by atoms with van der Waals surface area (Å²) in [4.78, 5) is 26.6. The minimum atomic E-state index is -0.546. The van der Waals surface area contributed by atoms with Crippen LogP contribution >= 0.6 is 23.2 Å². The van der Waals surface area contributed by atoms with Gasteiger partial charge in [0.1, 0.15) is 12.4 Å². The molecule has 0 bridgehead atoms. The molecular formula is C26H24Cl2FN3O4. The number of hydrazine groups is 1. The molecule has 1 aliphatic rings. The number of nitrogens with zero attached hydrogens (tertiary/aromatic N) is 1. The van der Waals surface area contributed by atoms with Gasteiger partial charge in [-0.25, -0.2) is 4.39 Å². The van der Waals surface area contributed by atoms with Crippen LogP contribution in [0.5, 0.6) is 11.5 Å². The lowest BCUT2D eigenvalue weighted by molar-refractivity contribution is -0.125. The number of amides is 2. The molecule has 1 atom stereocenters. The molecule has 0 spiro atoms. The van der Waals surface area contributed by atoms with E-state index in [1.54, 1.807) is 30.3 Å². The molecule has 0 aliphatic carbocycles. The molecule has 1 fully saturated rings. The molecular weight excluding hydrogens is 508 g/mol. The van der Waals surface area contributed by atoms with Gasteiger partial charge >= 0.3 is 0 Å². The Kier molecular flexibility index (Phi) is 8.18. The van der Waals surface area contributed by atoms with Crippen molar-refractivity contribution in [3.05, 3.63) is 82.1 Å². The van der Waals surface area contributed by atoms with Gasteiger partial charge in [-0.15, -0.1) is 0 Å². The molecule has 0 unspecified atom stereocenters. The van der Waals surface area contributed by atoms with E-state index >= 15 is 0 Å². The highest BCUT2D eigenvalue weighted by atomic mass is 35.5. The Morgan fingerprint density at radius 1 is 1.03 bits per heavy atom. The fraction of sp³-hybridized carbons (Fsp3) is 0.231. The summed E-state index contributed by atoms with van der Waals surface area (Å²) in [6.07, 6.45) is 0.0660. The van der Waals surface area contributed by atoms with Gasteiger partial charge in [0.15, 0.2) is 11.5 Å². The minimum absolute atomic E-state index is 0.0660. The van der Waals surface area contributed by atoms with Gasteiger partial charge in [0, 0.05) is 24.7 Å². The molecule has 1 heterocycles. The molecule has 2 amide bonds. The minimum Gasteiger partial charge on any atom is -0.490 e. The zero-order chi connectivity index (χ0) is 25.7. The Balaban J connectivity index is 1.35. The lowest BCUT2D eigenvalue weighted by atomic mass is 10.1. The normalized spacial score (nSPS) is 15.1. The van der Waals surface area contributed by atoms with E-state index < -0.39 is 5.92 Å². The Hall–Kier alpha value is -3.49. The number of nitrogens with one attached hydrogen (secondary N) is 2. The van der Waals surface area contributed by atoms with Crippen LogP contribution < -0.4 is 25.2 Å². The smallest absolute Gasteiger partial charge is 0.243 e. The fourth-order valence-electron chi connectivity index (χ4n) is 3.75. The van der Waals surface area contributed by atoms with Crippen LogP contribution in [0.2, 0.25) is 10.0 Å². The Bertz CT molecular complexity index is 1260. The largest absolute Gasteiger partial charge is 0.490 e. The summed E-state index contributed by atoms with van der Waals surface area (Å²) in [5.41, 5.74) is 7.50. The molecule has 1 aliphatic heterocycles. The van der Waals surface area contributed by atoms with E-state index in [1.807, 2.05) is 13.0 Å². The van der Waals surface area contributed by atoms with Gasteiger partial charge in [0.25, 0.3) is 0 Å². The molecule has 36 heavy (non-hydrogen) atoms. The van der Waals surface area contributed by atoms with E-state index in [0.717, 1.165) is 5.56 Å². The molecule has 1 saturated heterocycles. The monoisotopic (exact) mass is 531 g/mol. The highest BCUT2D eigenvalue weighted by molar-refractivity contribution is 6.42. The van der Waals surface area contributed by atoms with Crippen LogP contribution in [0.15, 0.2) is 60.7 Å². The second-order valence-corrected chi connectivity index (χ2v) is 8.94. The highest BCUT2D eigenvalue weighted by Crippen LogP contribution is 2.32. The van der Waals surface area contributed by atoms with E-state index in [2.05, 4.69) is 10.9 Å². The summed E-state index contributed by atoms with van der Waals surface area (Å²) in [6.45, 7) is 2.75. The van der Waals surface area contributed by atoms with E-state index in [0.29, 0.717) is 39.5 Å². The molecule has 0 radical (unpaired) electrons. The van der Waals surface area contributed by atoms with Gasteiger partial charge in [0.05, 0.1) is 28.3 Å². The average Bonchev–Trinajstić information content (AvgIpc) is 3.26. The number of ether oxygens (including phenoxy) is 2. The second-order valence-electron chi connectivity index (χ2n) is 8.13. The van der Waals surface area contributed by atoms with Crippen molar-refractivity contribution in [2.45, 2.75) is 20.0 Å². The molecule has 2 N–H and O–H groups in total. The molecule has 3 aromatic rings. The molecule has 4 rings (SSSR count). The Morgan fingerprint density at radius 3 is 2.53 bits per heavy atom. The van der Waals surface area contributed by atoms with Crippen LogP contribution in [0.25, 0.3) is 0 Å². The molecule has 7 nitrogen and oxygen atoms in total. The Morgan fingerprint density at radius 2 is 1.81 bits per heavy atom. The number of rotatable bonds is 9. The summed E-state index contributed by atoms with van der Waals surface area (Å²) in [5.74, 6) is -0.433. The van der Waals surface area contributed by atoms with Crippen molar-refractivity contribution in [1.82, 2.24) is 5.43 Å². The van der Waals surface area contributed by atoms with Gasteiger partial charge in [-0.1, -0.05) is 29.3 Å². The summed E-state index contributed by atoms with van der Waals surface area (Å²) >= 11 is 12.0. The maximum atomic E-state index is 13.2. The van der Waals surface area contributed by atoms with Gasteiger partial charge in [-0.3, -0.25) is 20.4 Å². The van der Waals surface area contributed by atoms with Crippen molar-refractivity contribution in [2.24, 2.45) is 5.92 Å². The summed E-state index contributed by atoms with van der Waals surface area (Å²) in [6, 6.07) is 16.0. The first-order valence-corrected chi connectivity index (χ1v) is 12.0. The SMILES string of the molecule is CCOc1cc(NNC(=O)[C@@H]2CC(=O)N(c3ccc(F)cc3)C2)ccc1OCc1ccc(Cl)c(Cl)c1. The predicted molar refractivity (Wildman–Crippen MR) is 137 cm³/mol. The highest BCUT2D eigenvalue weighted by Gasteiger charge is 2.35. The van der Waals surface area contributed by atoms with Crippen molar-refractivity contribution in [1.29, 1.82) is 0 Å². The van der Waals surface area contributed by atoms with Crippen molar-refractivity contribution in [2.75, 3.05) is 23.5 Å². The second kappa shape index (κ2) is 11.5. The van der Waals surface area contributed by atoms with Gasteiger partial charge < -0.3 is 14.4 Å². The number of benzene rings is 3. The standard InChI is InChI=1S/C26H24Cl2FN3O4/c1-2-35-24-13-19(6-10-23(24)36-15-16-3-9-21(27)22(28)11-16)30-31-26(34)17-12-25(33)32(14-17)20-7-4-18(29)5-8-20/h3-11,13,17,30H,2,12,14-15H2,1H3,(H,31,34)/t17-/m1/s1. The lowest BCUT2D eigenvalue weighted by Gasteiger charge is -2.17. The summed E-state index contributed by atoms with van der Waals surface area (Å²) in [7, 11) is 0. The van der Waals surface area contributed by atoms with Crippen molar-refractivity contribution in [3.63, 3.8) is 0 Å². The molecule has 0 saturated carbocycles. The van der Waals surface area contributed by atoms with E-state index in [1.165, 1.54) is 29.2 Å². The maximum absolute atomic E-state index is 13.2. The third-order valence-corrected chi connectivity index (χ3v) is 6.33. The maximum Gasteiger partial charge on any atom is 0.243 e. The number of anilines is 2.